The van der Waals surface area contributed by atoms with Gasteiger partial charge in [0, 0.05) is 18.0 Å². The van der Waals surface area contributed by atoms with E-state index in [1.54, 1.807) is 24.7 Å². The molecule has 0 aliphatic heterocycles. The zero-order chi connectivity index (χ0) is 18.4. The van der Waals surface area contributed by atoms with Crippen molar-refractivity contribution >= 4 is 17.7 Å². The summed E-state index contributed by atoms with van der Waals surface area (Å²) in [5.74, 6) is 0.727. The lowest BCUT2D eigenvalue weighted by Gasteiger charge is -2.31. The minimum absolute atomic E-state index is 0.160. The summed E-state index contributed by atoms with van der Waals surface area (Å²) in [5, 5.41) is 12.0. The van der Waals surface area contributed by atoms with Crippen molar-refractivity contribution in [3.8, 4) is 17.0 Å². The second kappa shape index (κ2) is 8.16. The Morgan fingerprint density at radius 3 is 2.64 bits per heavy atom. The molecular weight excluding hydrogens is 342 g/mol. The molecule has 2 aromatic heterocycles. The van der Waals surface area contributed by atoms with E-state index in [-0.39, 0.29) is 6.61 Å². The number of pyridine rings is 2. The smallest absolute Gasteiger partial charge is 0.405 e. The number of hydrogen-bond acceptors (Lipinski definition) is 4. The molecule has 0 spiro atoms. The average Bonchev–Trinajstić information content (AvgIpc) is 2.53. The van der Waals surface area contributed by atoms with Gasteiger partial charge in [0.15, 0.2) is 5.75 Å². The van der Waals surface area contributed by atoms with E-state index in [0.29, 0.717) is 28.8 Å². The van der Waals surface area contributed by atoms with Crippen molar-refractivity contribution < 1.29 is 14.6 Å². The van der Waals surface area contributed by atoms with Gasteiger partial charge in [0.25, 0.3) is 0 Å². The van der Waals surface area contributed by atoms with E-state index in [1.165, 1.54) is 0 Å². The summed E-state index contributed by atoms with van der Waals surface area (Å²) in [6.07, 6.45) is 4.48. The van der Waals surface area contributed by atoms with Crippen LogP contribution in [0.3, 0.4) is 0 Å². The first kappa shape index (κ1) is 19.0. The van der Waals surface area contributed by atoms with Crippen molar-refractivity contribution in [2.45, 2.75) is 32.7 Å². The van der Waals surface area contributed by atoms with Crippen molar-refractivity contribution in [3.63, 3.8) is 0 Å². The highest BCUT2D eigenvalue weighted by Gasteiger charge is 2.29. The number of nitrogens with one attached hydrogen (secondary N) is 1. The van der Waals surface area contributed by atoms with Crippen LogP contribution in [-0.4, -0.2) is 33.3 Å². The molecule has 2 heterocycles. The number of hydrogen-bond donors (Lipinski definition) is 2. The average molecular weight is 364 g/mol. The Balaban J connectivity index is 2.12. The van der Waals surface area contributed by atoms with E-state index >= 15 is 0 Å². The van der Waals surface area contributed by atoms with Gasteiger partial charge in [0.1, 0.15) is 6.61 Å². The highest BCUT2D eigenvalue weighted by molar-refractivity contribution is 6.32. The van der Waals surface area contributed by atoms with Gasteiger partial charge in [0.05, 0.1) is 22.5 Å². The maximum absolute atomic E-state index is 11.1. The van der Waals surface area contributed by atoms with E-state index in [9.17, 15) is 4.79 Å². The molecule has 0 aliphatic carbocycles. The molecule has 0 saturated carbocycles. The maximum atomic E-state index is 11.1. The third-order valence-corrected chi connectivity index (χ3v) is 3.90. The van der Waals surface area contributed by atoms with Crippen LogP contribution >= 0.6 is 11.6 Å². The lowest BCUT2D eigenvalue weighted by Crippen LogP contribution is -2.50. The summed E-state index contributed by atoms with van der Waals surface area (Å²) in [4.78, 5) is 19.4. The summed E-state index contributed by atoms with van der Waals surface area (Å²) in [5.41, 5.74) is 0.904. The number of nitrogens with zero attached hydrogens (tertiary/aromatic N) is 2. The molecule has 0 fully saturated rings. The zero-order valence-electron chi connectivity index (χ0n) is 14.5. The van der Waals surface area contributed by atoms with Gasteiger partial charge in [-0.05, 0) is 37.5 Å². The molecule has 2 rings (SSSR count). The first-order valence-electron chi connectivity index (χ1n) is 7.99. The van der Waals surface area contributed by atoms with Crippen LogP contribution in [0.15, 0.2) is 36.8 Å². The Hall–Kier alpha value is -2.34. The van der Waals surface area contributed by atoms with Crippen LogP contribution in [0.25, 0.3) is 11.3 Å². The van der Waals surface area contributed by atoms with Crippen LogP contribution in [0.5, 0.6) is 5.75 Å². The minimum atomic E-state index is -1.08. The SMILES string of the molecule is CC(C)CC(C)(COc1cnc(-c2ccncc2)cc1Cl)NC(=O)O. The van der Waals surface area contributed by atoms with Gasteiger partial charge < -0.3 is 15.2 Å². The Labute approximate surface area is 152 Å². The fourth-order valence-corrected chi connectivity index (χ4v) is 2.95. The van der Waals surface area contributed by atoms with Crippen LogP contribution in [0.4, 0.5) is 4.79 Å². The van der Waals surface area contributed by atoms with Gasteiger partial charge in [-0.1, -0.05) is 25.4 Å². The number of carbonyl (C=O) groups is 1. The first-order valence-corrected chi connectivity index (χ1v) is 8.37. The number of rotatable bonds is 7. The van der Waals surface area contributed by atoms with Crippen LogP contribution in [0, 0.1) is 5.92 Å². The highest BCUT2D eigenvalue weighted by atomic mass is 35.5. The summed E-state index contributed by atoms with van der Waals surface area (Å²) < 4.78 is 5.76. The third kappa shape index (κ3) is 5.60. The lowest BCUT2D eigenvalue weighted by atomic mass is 9.91. The zero-order valence-corrected chi connectivity index (χ0v) is 15.2. The normalized spacial score (nSPS) is 13.3. The fourth-order valence-electron chi connectivity index (χ4n) is 2.75. The van der Waals surface area contributed by atoms with Crippen molar-refractivity contribution in [1.29, 1.82) is 0 Å². The van der Waals surface area contributed by atoms with Crippen molar-refractivity contribution in [3.05, 3.63) is 41.8 Å². The molecule has 7 heteroatoms. The van der Waals surface area contributed by atoms with E-state index in [4.69, 9.17) is 21.4 Å². The van der Waals surface area contributed by atoms with Crippen molar-refractivity contribution in [1.82, 2.24) is 15.3 Å². The van der Waals surface area contributed by atoms with Gasteiger partial charge in [-0.15, -0.1) is 0 Å². The van der Waals surface area contributed by atoms with Crippen LogP contribution in [-0.2, 0) is 0 Å². The molecule has 1 atom stereocenters. The molecule has 0 saturated heterocycles. The number of halogens is 1. The standard InChI is InChI=1S/C18H22ClN3O3/c1-12(2)9-18(3,22-17(23)24)11-25-16-10-21-15(8-14(16)19)13-4-6-20-7-5-13/h4-8,10,12,22H,9,11H2,1-3H3,(H,23,24). The molecule has 0 bridgehead atoms. The van der Waals surface area contributed by atoms with E-state index in [2.05, 4.69) is 15.3 Å². The van der Waals surface area contributed by atoms with E-state index < -0.39 is 11.6 Å². The maximum Gasteiger partial charge on any atom is 0.405 e. The molecule has 0 radical (unpaired) electrons. The second-order valence-electron chi connectivity index (χ2n) is 6.61. The fraction of sp³-hybridized carbons (Fsp3) is 0.389. The highest BCUT2D eigenvalue weighted by Crippen LogP contribution is 2.29. The lowest BCUT2D eigenvalue weighted by molar-refractivity contribution is 0.143. The van der Waals surface area contributed by atoms with Crippen molar-refractivity contribution in [2.24, 2.45) is 5.92 Å². The third-order valence-electron chi connectivity index (χ3n) is 3.61. The molecule has 25 heavy (non-hydrogen) atoms. The first-order chi connectivity index (χ1) is 11.8. The number of aromatic nitrogens is 2. The molecule has 2 N–H and O–H groups in total. The summed E-state index contributed by atoms with van der Waals surface area (Å²) in [7, 11) is 0. The molecule has 134 valence electrons. The molecule has 1 unspecified atom stereocenters. The second-order valence-corrected chi connectivity index (χ2v) is 7.02. The quantitative estimate of drug-likeness (QED) is 0.768. The van der Waals surface area contributed by atoms with E-state index in [1.807, 2.05) is 32.9 Å². The monoisotopic (exact) mass is 363 g/mol. The van der Waals surface area contributed by atoms with Crippen molar-refractivity contribution in [2.75, 3.05) is 6.61 Å². The Kier molecular flexibility index (Phi) is 6.20. The topological polar surface area (TPSA) is 84.3 Å². The predicted molar refractivity (Wildman–Crippen MR) is 97.0 cm³/mol. The Morgan fingerprint density at radius 2 is 2.08 bits per heavy atom. The van der Waals surface area contributed by atoms with Gasteiger partial charge in [-0.3, -0.25) is 9.97 Å². The summed E-state index contributed by atoms with van der Waals surface area (Å²) in [6.45, 7) is 6.03. The molecule has 2 aromatic rings. The largest absolute Gasteiger partial charge is 0.488 e. The van der Waals surface area contributed by atoms with Gasteiger partial charge in [0.2, 0.25) is 0 Å². The summed E-state index contributed by atoms with van der Waals surface area (Å²) in [6, 6.07) is 5.40. The van der Waals surface area contributed by atoms with Crippen LogP contribution in [0.1, 0.15) is 27.2 Å². The molecule has 0 aromatic carbocycles. The molecule has 0 aliphatic rings. The molecule has 1 amide bonds. The number of carboxylic acid groups (broad SMARTS) is 1. The van der Waals surface area contributed by atoms with E-state index in [0.717, 1.165) is 5.56 Å². The predicted octanol–water partition coefficient (Wildman–Crippen LogP) is 4.25. The number of ether oxygens (including phenoxy) is 1. The van der Waals surface area contributed by atoms with Crippen LogP contribution < -0.4 is 10.1 Å². The van der Waals surface area contributed by atoms with Crippen LogP contribution in [0.2, 0.25) is 5.02 Å². The minimum Gasteiger partial charge on any atom is -0.488 e. The summed E-state index contributed by atoms with van der Waals surface area (Å²) >= 11 is 6.30. The number of amides is 1. The molecular formula is C18H22ClN3O3. The Bertz CT molecular complexity index is 725. The van der Waals surface area contributed by atoms with Gasteiger partial charge in [-0.25, -0.2) is 4.79 Å². The van der Waals surface area contributed by atoms with Gasteiger partial charge in [-0.2, -0.15) is 0 Å². The Morgan fingerprint density at radius 1 is 1.40 bits per heavy atom. The molecule has 6 nitrogen and oxygen atoms in total. The van der Waals surface area contributed by atoms with Gasteiger partial charge >= 0.3 is 6.09 Å².